The van der Waals surface area contributed by atoms with Crippen LogP contribution in [0.2, 0.25) is 0 Å². The Kier molecular flexibility index (Phi) is 8.26. The van der Waals surface area contributed by atoms with Gasteiger partial charge >= 0.3 is 6.36 Å². The summed E-state index contributed by atoms with van der Waals surface area (Å²) in [4.78, 5) is 2.26. The van der Waals surface area contributed by atoms with E-state index in [1.807, 2.05) is 0 Å². The Labute approximate surface area is 145 Å². The fourth-order valence-electron chi connectivity index (χ4n) is 2.88. The van der Waals surface area contributed by atoms with E-state index in [0.717, 1.165) is 51.5 Å². The van der Waals surface area contributed by atoms with Crippen molar-refractivity contribution in [3.8, 4) is 5.75 Å². The van der Waals surface area contributed by atoms with Gasteiger partial charge in [0.1, 0.15) is 0 Å². The Bertz CT molecular complexity index is 507. The molecule has 3 nitrogen and oxygen atoms in total. The van der Waals surface area contributed by atoms with Gasteiger partial charge in [0.25, 0.3) is 0 Å². The molecule has 2 rings (SSSR count). The molecule has 0 aliphatic carbocycles. The van der Waals surface area contributed by atoms with Crippen LogP contribution in [0, 0.1) is 5.82 Å². The van der Waals surface area contributed by atoms with Crippen LogP contribution in [0.5, 0.6) is 5.75 Å². The number of nitrogens with one attached hydrogen (secondary N) is 1. The highest BCUT2D eigenvalue weighted by Crippen LogP contribution is 2.32. The van der Waals surface area contributed by atoms with Crippen molar-refractivity contribution < 1.29 is 22.3 Å². The lowest BCUT2D eigenvalue weighted by atomic mass is 9.98. The molecule has 0 bridgehead atoms. The molecular formula is C16H23ClF4N2O. The van der Waals surface area contributed by atoms with E-state index in [1.54, 1.807) is 0 Å². The van der Waals surface area contributed by atoms with Gasteiger partial charge in [0.15, 0.2) is 11.6 Å². The Morgan fingerprint density at radius 2 is 1.92 bits per heavy atom. The molecule has 1 aromatic carbocycles. The number of unbranched alkanes of at least 4 members (excludes halogenated alkanes) is 1. The van der Waals surface area contributed by atoms with Crippen molar-refractivity contribution in [3.05, 3.63) is 29.6 Å². The second-order valence-corrected chi connectivity index (χ2v) is 5.68. The van der Waals surface area contributed by atoms with Crippen LogP contribution in [-0.2, 0) is 0 Å². The van der Waals surface area contributed by atoms with Crippen molar-refractivity contribution in [1.29, 1.82) is 0 Å². The van der Waals surface area contributed by atoms with Crippen LogP contribution >= 0.6 is 12.4 Å². The number of piperazine rings is 1. The van der Waals surface area contributed by atoms with E-state index in [9.17, 15) is 17.6 Å². The average molecular weight is 371 g/mol. The van der Waals surface area contributed by atoms with E-state index in [0.29, 0.717) is 5.56 Å². The number of halogens is 5. The third-order valence-electron chi connectivity index (χ3n) is 3.99. The summed E-state index contributed by atoms with van der Waals surface area (Å²) in [6.45, 7) is 5.49. The number of hydrogen-bond acceptors (Lipinski definition) is 3. The summed E-state index contributed by atoms with van der Waals surface area (Å²) in [6, 6.07) is 3.79. The molecule has 1 heterocycles. The molecular weight excluding hydrogens is 348 g/mol. The summed E-state index contributed by atoms with van der Waals surface area (Å²) in [5, 5.41) is 3.26. The molecule has 1 aliphatic heterocycles. The van der Waals surface area contributed by atoms with E-state index < -0.39 is 17.9 Å². The highest BCUT2D eigenvalue weighted by atomic mass is 35.5. The van der Waals surface area contributed by atoms with Crippen molar-refractivity contribution in [3.63, 3.8) is 0 Å². The topological polar surface area (TPSA) is 24.5 Å². The van der Waals surface area contributed by atoms with Crippen LogP contribution in [0.25, 0.3) is 0 Å². The first-order valence-corrected chi connectivity index (χ1v) is 7.90. The summed E-state index contributed by atoms with van der Waals surface area (Å²) >= 11 is 0. The van der Waals surface area contributed by atoms with Gasteiger partial charge in [0.05, 0.1) is 0 Å². The van der Waals surface area contributed by atoms with E-state index in [4.69, 9.17) is 0 Å². The zero-order valence-electron chi connectivity index (χ0n) is 13.5. The fourth-order valence-corrected chi connectivity index (χ4v) is 2.88. The van der Waals surface area contributed by atoms with Crippen LogP contribution < -0.4 is 10.1 Å². The number of benzene rings is 1. The number of alkyl halides is 3. The molecule has 138 valence electrons. The molecule has 1 saturated heterocycles. The van der Waals surface area contributed by atoms with Crippen LogP contribution in [0.4, 0.5) is 17.6 Å². The number of nitrogens with zero attached hydrogens (tertiary/aromatic N) is 1. The van der Waals surface area contributed by atoms with Gasteiger partial charge in [-0.25, -0.2) is 4.39 Å². The highest BCUT2D eigenvalue weighted by Gasteiger charge is 2.32. The summed E-state index contributed by atoms with van der Waals surface area (Å²) in [7, 11) is 0. The normalized spacial score (nSPS) is 17.2. The second-order valence-electron chi connectivity index (χ2n) is 5.68. The molecule has 1 aromatic rings. The van der Waals surface area contributed by atoms with Gasteiger partial charge in [-0.05, 0) is 24.1 Å². The van der Waals surface area contributed by atoms with Crippen molar-refractivity contribution in [2.24, 2.45) is 0 Å². The molecule has 0 radical (unpaired) electrons. The van der Waals surface area contributed by atoms with Gasteiger partial charge in [0, 0.05) is 32.2 Å². The van der Waals surface area contributed by atoms with Gasteiger partial charge in [-0.15, -0.1) is 25.6 Å². The summed E-state index contributed by atoms with van der Waals surface area (Å²) in [5.41, 5.74) is 0.701. The van der Waals surface area contributed by atoms with Gasteiger partial charge in [-0.1, -0.05) is 25.8 Å². The summed E-state index contributed by atoms with van der Waals surface area (Å²) in [5.74, 6) is -1.76. The van der Waals surface area contributed by atoms with Gasteiger partial charge in [-0.2, -0.15) is 0 Å². The van der Waals surface area contributed by atoms with Crippen molar-refractivity contribution in [2.45, 2.75) is 38.6 Å². The molecule has 1 fully saturated rings. The van der Waals surface area contributed by atoms with E-state index >= 15 is 0 Å². The van der Waals surface area contributed by atoms with E-state index in [1.165, 1.54) is 12.1 Å². The maximum absolute atomic E-state index is 14.0. The minimum atomic E-state index is -4.89. The maximum atomic E-state index is 14.0. The first-order valence-electron chi connectivity index (χ1n) is 7.90. The lowest BCUT2D eigenvalue weighted by Gasteiger charge is -2.35. The molecule has 1 N–H and O–H groups in total. The van der Waals surface area contributed by atoms with Crippen molar-refractivity contribution >= 4 is 12.4 Å². The van der Waals surface area contributed by atoms with Crippen LogP contribution in [0.1, 0.15) is 37.8 Å². The zero-order chi connectivity index (χ0) is 16.9. The number of hydrogen-bond donors (Lipinski definition) is 1. The lowest BCUT2D eigenvalue weighted by Crippen LogP contribution is -2.45. The Morgan fingerprint density at radius 1 is 1.25 bits per heavy atom. The van der Waals surface area contributed by atoms with Crippen LogP contribution in [0.15, 0.2) is 18.2 Å². The first-order chi connectivity index (χ1) is 10.9. The first kappa shape index (κ1) is 21.0. The smallest absolute Gasteiger partial charge is 0.403 e. The molecule has 24 heavy (non-hydrogen) atoms. The molecule has 0 spiro atoms. The Morgan fingerprint density at radius 3 is 2.46 bits per heavy atom. The maximum Gasteiger partial charge on any atom is 0.573 e. The highest BCUT2D eigenvalue weighted by molar-refractivity contribution is 5.85. The number of ether oxygens (including phenoxy) is 1. The predicted octanol–water partition coefficient (Wildman–Crippen LogP) is 4.28. The van der Waals surface area contributed by atoms with Crippen molar-refractivity contribution in [2.75, 3.05) is 26.2 Å². The van der Waals surface area contributed by atoms with E-state index in [2.05, 4.69) is 21.9 Å². The molecule has 0 saturated carbocycles. The minimum Gasteiger partial charge on any atom is -0.403 e. The second kappa shape index (κ2) is 9.44. The van der Waals surface area contributed by atoms with Gasteiger partial charge < -0.3 is 10.1 Å². The zero-order valence-corrected chi connectivity index (χ0v) is 14.4. The predicted molar refractivity (Wildman–Crippen MR) is 87.0 cm³/mol. The third-order valence-corrected chi connectivity index (χ3v) is 3.99. The average Bonchev–Trinajstić information content (AvgIpc) is 2.50. The molecule has 0 aromatic heterocycles. The summed E-state index contributed by atoms with van der Waals surface area (Å²) in [6.07, 6.45) is -2.03. The quantitative estimate of drug-likeness (QED) is 0.756. The molecule has 8 heteroatoms. The fraction of sp³-hybridized carbons (Fsp3) is 0.625. The lowest BCUT2D eigenvalue weighted by molar-refractivity contribution is -0.275. The van der Waals surface area contributed by atoms with Crippen molar-refractivity contribution in [1.82, 2.24) is 10.2 Å². The molecule has 0 amide bonds. The monoisotopic (exact) mass is 370 g/mol. The van der Waals surface area contributed by atoms with E-state index in [-0.39, 0.29) is 18.4 Å². The third kappa shape index (κ3) is 6.11. The van der Waals surface area contributed by atoms with Crippen LogP contribution in [-0.4, -0.2) is 37.4 Å². The van der Waals surface area contributed by atoms with Gasteiger partial charge in [0.2, 0.25) is 0 Å². The number of rotatable bonds is 6. The standard InChI is InChI=1S/C16H22F4N2O.ClH/c1-2-3-4-14(22-9-7-21-8-10-22)12-5-6-15(13(17)11-12)23-16(18,19)20;/h5-6,11,14,21H,2-4,7-10H2,1H3;1H/t14-;/m0./s1. The molecule has 0 unspecified atom stereocenters. The molecule has 1 aliphatic rings. The van der Waals surface area contributed by atoms with Gasteiger partial charge in [-0.3, -0.25) is 4.90 Å². The SMILES string of the molecule is CCCC[C@@H](c1ccc(OC(F)(F)F)c(F)c1)N1CCNCC1.Cl. The minimum absolute atomic E-state index is 0. The molecule has 1 atom stereocenters. The summed E-state index contributed by atoms with van der Waals surface area (Å²) < 4.78 is 54.4. The largest absolute Gasteiger partial charge is 0.573 e. The Balaban J connectivity index is 0.00000288. The van der Waals surface area contributed by atoms with Crippen LogP contribution in [0.3, 0.4) is 0 Å². The Hall–Kier alpha value is -1.05.